The molecule has 3 aliphatic carbocycles. The molecule has 0 radical (unpaired) electrons. The normalized spacial score (nSPS) is 23.8. The van der Waals surface area contributed by atoms with Crippen LogP contribution in [-0.2, 0) is 25.7 Å². The van der Waals surface area contributed by atoms with E-state index >= 15 is 4.79 Å². The topological polar surface area (TPSA) is 140 Å². The second-order valence-corrected chi connectivity index (χ2v) is 18.8. The Morgan fingerprint density at radius 2 is 1.58 bits per heavy atom. The minimum Gasteiger partial charge on any atom is -0.459 e. The highest BCUT2D eigenvalue weighted by Crippen LogP contribution is 2.62. The molecule has 2 saturated carbocycles. The third kappa shape index (κ3) is 11.5. The number of aliphatic hydroxyl groups excluding tert-OH is 3. The molecule has 4 aromatic rings. The van der Waals surface area contributed by atoms with Gasteiger partial charge < -0.3 is 44.0 Å². The lowest BCUT2D eigenvalue weighted by Gasteiger charge is -2.60. The van der Waals surface area contributed by atoms with E-state index in [1.54, 1.807) is 6.08 Å². The molecule has 4 aliphatic rings. The zero-order valence-electron chi connectivity index (χ0n) is 39.0. The minimum atomic E-state index is -1.39. The van der Waals surface area contributed by atoms with Gasteiger partial charge in [-0.25, -0.2) is 0 Å². The molecule has 1 aliphatic heterocycles. The van der Waals surface area contributed by atoms with Gasteiger partial charge in [-0.2, -0.15) is 0 Å². The van der Waals surface area contributed by atoms with Crippen molar-refractivity contribution in [2.75, 3.05) is 46.2 Å². The van der Waals surface area contributed by atoms with Gasteiger partial charge in [0.05, 0.1) is 38.1 Å². The number of benzene rings is 4. The van der Waals surface area contributed by atoms with E-state index in [9.17, 15) is 15.3 Å². The third-order valence-electron chi connectivity index (χ3n) is 14.5. The molecule has 1 amide bonds. The summed E-state index contributed by atoms with van der Waals surface area (Å²) >= 11 is 0. The molecule has 0 bridgehead atoms. The van der Waals surface area contributed by atoms with Crippen molar-refractivity contribution < 1.29 is 43.9 Å². The second-order valence-electron chi connectivity index (χ2n) is 18.8. The van der Waals surface area contributed by atoms with Crippen LogP contribution in [-0.4, -0.2) is 89.9 Å². The Morgan fingerprint density at radius 1 is 0.836 bits per heavy atom. The Hall–Kier alpha value is -5.04. The Morgan fingerprint density at radius 3 is 2.36 bits per heavy atom. The zero-order chi connectivity index (χ0) is 46.4. The van der Waals surface area contributed by atoms with Gasteiger partial charge in [-0.05, 0) is 102 Å². The van der Waals surface area contributed by atoms with Crippen LogP contribution in [0.2, 0.25) is 0 Å². The van der Waals surface area contributed by atoms with Crippen molar-refractivity contribution in [2.45, 2.75) is 108 Å². The smallest absolute Gasteiger partial charge is 0.239 e. The van der Waals surface area contributed by atoms with Crippen LogP contribution in [0, 0.1) is 23.7 Å². The zero-order valence-corrected chi connectivity index (χ0v) is 39.0. The van der Waals surface area contributed by atoms with Crippen LogP contribution >= 0.6 is 0 Å². The van der Waals surface area contributed by atoms with Gasteiger partial charge in [0, 0.05) is 44.1 Å². The van der Waals surface area contributed by atoms with E-state index in [0.29, 0.717) is 43.1 Å². The van der Waals surface area contributed by atoms with Gasteiger partial charge in [0.25, 0.3) is 0 Å². The summed E-state index contributed by atoms with van der Waals surface area (Å²) in [5.74, 6) is 0.697. The van der Waals surface area contributed by atoms with Crippen LogP contribution in [0.15, 0.2) is 120 Å². The summed E-state index contributed by atoms with van der Waals surface area (Å²) in [7, 11) is 0. The number of oxime groups is 1. The molecule has 6 atom stereocenters. The number of rotatable bonds is 25. The number of ether oxygens (including phenoxy) is 4. The fourth-order valence-electron chi connectivity index (χ4n) is 11.4. The number of hydrogen-bond donors (Lipinski definition) is 3. The SMILES string of the molecule is C=CCOC12Oc3ccc(Oc4ccc5ccccc5c4)cc3C3C(CCCCO)C(CCCCO)C=C(C(=NOCc4ccccc4)CC1N(CCOCCO)C(=O)CCC1CCCC1)C32. The van der Waals surface area contributed by atoms with Gasteiger partial charge >= 0.3 is 0 Å². The molecule has 0 aromatic heterocycles. The standard InChI is InChI=1S/C56H70N2O9/c1-2-32-64-56-52(58(28-33-63-34-31-61)53(62)27-22-40-14-6-7-15-40)38-50(57-65-39-41-16-4-3-5-17-41)48-36-44(20-10-12-29-59)47(21-11-13-30-60)54(55(48)56)49-37-46(25-26-51(49)67-56)66-45-24-23-42-18-8-9-19-43(42)35-45/h2-5,8-9,16-19,23-26,35-37,40,44,47,52,54-55,59-61H,1,6-7,10-15,20-22,27-34,38-39H2. The predicted octanol–water partition coefficient (Wildman–Crippen LogP) is 10.3. The molecular weight excluding hydrogens is 845 g/mol. The van der Waals surface area contributed by atoms with E-state index in [1.807, 2.05) is 65.6 Å². The molecule has 2 fully saturated rings. The van der Waals surface area contributed by atoms with Crippen LogP contribution in [0.5, 0.6) is 17.2 Å². The van der Waals surface area contributed by atoms with Gasteiger partial charge in [0.2, 0.25) is 11.7 Å². The summed E-state index contributed by atoms with van der Waals surface area (Å²) in [6.45, 7) is 5.27. The fraction of sp³-hybridized carbons (Fsp3) is 0.500. The highest BCUT2D eigenvalue weighted by Gasteiger charge is 2.65. The van der Waals surface area contributed by atoms with Crippen molar-refractivity contribution in [3.8, 4) is 17.2 Å². The maximum absolute atomic E-state index is 15.0. The molecular formula is C56H70N2O9. The number of amides is 1. The monoisotopic (exact) mass is 915 g/mol. The van der Waals surface area contributed by atoms with Crippen LogP contribution < -0.4 is 9.47 Å². The minimum absolute atomic E-state index is 0.00493. The van der Waals surface area contributed by atoms with E-state index in [1.165, 1.54) is 12.8 Å². The highest BCUT2D eigenvalue weighted by molar-refractivity contribution is 6.03. The lowest BCUT2D eigenvalue weighted by molar-refractivity contribution is -0.258. The molecule has 11 heteroatoms. The first-order valence-corrected chi connectivity index (χ1v) is 24.8. The number of unbranched alkanes of at least 4 members (excludes halogenated alkanes) is 2. The lowest BCUT2D eigenvalue weighted by atomic mass is 9.55. The Kier molecular flexibility index (Phi) is 17.2. The predicted molar refractivity (Wildman–Crippen MR) is 261 cm³/mol. The first-order chi connectivity index (χ1) is 33.0. The molecule has 3 N–H and O–H groups in total. The van der Waals surface area contributed by atoms with E-state index < -0.39 is 17.7 Å². The Bertz CT molecular complexity index is 2290. The summed E-state index contributed by atoms with van der Waals surface area (Å²) in [6, 6.07) is 29.7. The highest BCUT2D eigenvalue weighted by atomic mass is 16.7. The molecule has 6 unspecified atom stereocenters. The van der Waals surface area contributed by atoms with Crippen molar-refractivity contribution in [3.05, 3.63) is 126 Å². The van der Waals surface area contributed by atoms with E-state index in [-0.39, 0.29) is 76.5 Å². The van der Waals surface area contributed by atoms with E-state index in [2.05, 4.69) is 43.0 Å². The largest absolute Gasteiger partial charge is 0.459 e. The molecule has 1 heterocycles. The third-order valence-corrected chi connectivity index (χ3v) is 14.5. The summed E-state index contributed by atoms with van der Waals surface area (Å²) in [5.41, 5.74) is 3.70. The fourth-order valence-corrected chi connectivity index (χ4v) is 11.4. The van der Waals surface area contributed by atoms with Crippen molar-refractivity contribution >= 4 is 22.4 Å². The van der Waals surface area contributed by atoms with Crippen molar-refractivity contribution in [1.82, 2.24) is 4.90 Å². The van der Waals surface area contributed by atoms with Gasteiger partial charge in [-0.1, -0.05) is 116 Å². The van der Waals surface area contributed by atoms with Gasteiger partial charge in [0.15, 0.2) is 0 Å². The Labute approximate surface area is 396 Å². The first-order valence-electron chi connectivity index (χ1n) is 24.8. The Balaban J connectivity index is 1.29. The molecule has 4 aromatic carbocycles. The van der Waals surface area contributed by atoms with Crippen LogP contribution in [0.3, 0.4) is 0 Å². The van der Waals surface area contributed by atoms with Crippen molar-refractivity contribution in [2.24, 2.45) is 28.8 Å². The first kappa shape index (κ1) is 48.4. The quantitative estimate of drug-likeness (QED) is 0.0337. The van der Waals surface area contributed by atoms with Crippen molar-refractivity contribution in [3.63, 3.8) is 0 Å². The van der Waals surface area contributed by atoms with E-state index in [0.717, 1.165) is 83.9 Å². The maximum atomic E-state index is 15.0. The number of allylic oxidation sites excluding steroid dienone is 1. The molecule has 8 rings (SSSR count). The number of hydrogen-bond acceptors (Lipinski definition) is 10. The number of nitrogens with zero attached hydrogens (tertiary/aromatic N) is 2. The number of carbonyl (C=O) groups excluding carboxylic acids is 1. The average Bonchev–Trinajstić information content (AvgIpc) is 3.88. The van der Waals surface area contributed by atoms with Gasteiger partial charge in [0.1, 0.15) is 29.9 Å². The van der Waals surface area contributed by atoms with Crippen molar-refractivity contribution in [1.29, 1.82) is 0 Å². The molecule has 0 saturated heterocycles. The van der Waals surface area contributed by atoms with Gasteiger partial charge in [-0.15, -0.1) is 6.58 Å². The van der Waals surface area contributed by atoms with E-state index in [4.69, 9.17) is 28.9 Å². The average molecular weight is 915 g/mol. The number of fused-ring (bicyclic) bond motifs is 3. The molecule has 67 heavy (non-hydrogen) atoms. The summed E-state index contributed by atoms with van der Waals surface area (Å²) < 4.78 is 27.3. The van der Waals surface area contributed by atoms with Crippen LogP contribution in [0.25, 0.3) is 10.8 Å². The molecule has 358 valence electrons. The summed E-state index contributed by atoms with van der Waals surface area (Å²) in [5, 5.41) is 37.0. The molecule has 11 nitrogen and oxygen atoms in total. The number of aliphatic hydroxyl groups is 3. The van der Waals surface area contributed by atoms with Crippen LogP contribution in [0.1, 0.15) is 101 Å². The summed E-state index contributed by atoms with van der Waals surface area (Å²) in [6.07, 6.45) is 14.9. The lowest BCUT2D eigenvalue weighted by Crippen LogP contribution is -2.70. The summed E-state index contributed by atoms with van der Waals surface area (Å²) in [4.78, 5) is 23.3. The maximum Gasteiger partial charge on any atom is 0.239 e. The van der Waals surface area contributed by atoms with Gasteiger partial charge in [-0.3, -0.25) is 4.79 Å². The number of carbonyl (C=O) groups is 1. The molecule has 0 spiro atoms. The van der Waals surface area contributed by atoms with Crippen LogP contribution in [0.4, 0.5) is 0 Å². The second kappa shape index (κ2) is 23.8.